The van der Waals surface area contributed by atoms with Crippen molar-refractivity contribution < 1.29 is 8.78 Å². The van der Waals surface area contributed by atoms with E-state index in [1.807, 2.05) is 6.92 Å². The number of halogens is 2. The molecule has 0 aliphatic carbocycles. The molecule has 116 valence electrons. The Balaban J connectivity index is 1.82. The summed E-state index contributed by atoms with van der Waals surface area (Å²) in [5, 5.41) is 11.8. The number of nitrogens with zero attached hydrogens (tertiary/aromatic N) is 4. The summed E-state index contributed by atoms with van der Waals surface area (Å²) < 4.78 is 28.3. The van der Waals surface area contributed by atoms with Gasteiger partial charge in [-0.3, -0.25) is 4.57 Å². The molecule has 0 amide bonds. The van der Waals surface area contributed by atoms with E-state index in [2.05, 4.69) is 20.5 Å². The van der Waals surface area contributed by atoms with Crippen molar-refractivity contribution in [1.82, 2.24) is 19.7 Å². The molecule has 3 aromatic rings. The smallest absolute Gasteiger partial charge is 0.320 e. The summed E-state index contributed by atoms with van der Waals surface area (Å²) in [5.41, 5.74) is 1.02. The molecule has 22 heavy (non-hydrogen) atoms. The fourth-order valence-electron chi connectivity index (χ4n) is 2.03. The monoisotopic (exact) mass is 341 g/mol. The van der Waals surface area contributed by atoms with Gasteiger partial charge in [0.25, 0.3) is 0 Å². The molecule has 0 unspecified atom stereocenters. The van der Waals surface area contributed by atoms with Gasteiger partial charge in [-0.1, -0.05) is 35.2 Å². The number of rotatable bonds is 6. The molecule has 0 atom stereocenters. The standard InChI is InChI=1S/C13H13F2N5S2/c1-2-16-12-18-19-13(22-12)21-7-10-17-8-5-3-4-6-9(8)20(10)11(14)15/h3-6,11H,2,7H2,1H3,(H,16,18). The molecular weight excluding hydrogens is 328 g/mol. The first-order valence-electron chi connectivity index (χ1n) is 6.63. The van der Waals surface area contributed by atoms with Gasteiger partial charge in [0.15, 0.2) is 4.34 Å². The van der Waals surface area contributed by atoms with Crippen molar-refractivity contribution in [3.05, 3.63) is 30.1 Å². The third-order valence-electron chi connectivity index (χ3n) is 2.92. The van der Waals surface area contributed by atoms with Gasteiger partial charge in [-0.2, -0.15) is 8.78 Å². The Bertz CT molecular complexity index is 771. The Morgan fingerprint density at radius 2 is 2.14 bits per heavy atom. The largest absolute Gasteiger partial charge is 0.360 e. The van der Waals surface area contributed by atoms with Crippen LogP contribution in [0.15, 0.2) is 28.6 Å². The highest BCUT2D eigenvalue weighted by molar-refractivity contribution is 8.00. The van der Waals surface area contributed by atoms with Crippen molar-refractivity contribution in [2.45, 2.75) is 23.6 Å². The van der Waals surface area contributed by atoms with E-state index in [-0.39, 0.29) is 0 Å². The summed E-state index contributed by atoms with van der Waals surface area (Å²) in [4.78, 5) is 4.30. The minimum Gasteiger partial charge on any atom is -0.360 e. The molecule has 0 saturated heterocycles. The van der Waals surface area contributed by atoms with Crippen molar-refractivity contribution in [1.29, 1.82) is 0 Å². The van der Waals surface area contributed by atoms with Gasteiger partial charge in [0, 0.05) is 6.54 Å². The highest BCUT2D eigenvalue weighted by atomic mass is 32.2. The van der Waals surface area contributed by atoms with Crippen molar-refractivity contribution in [2.75, 3.05) is 11.9 Å². The Labute approximate surface area is 133 Å². The van der Waals surface area contributed by atoms with Gasteiger partial charge >= 0.3 is 6.55 Å². The molecule has 0 spiro atoms. The zero-order valence-corrected chi connectivity index (χ0v) is 13.3. The van der Waals surface area contributed by atoms with Gasteiger partial charge in [-0.25, -0.2) is 4.98 Å². The van der Waals surface area contributed by atoms with Gasteiger partial charge < -0.3 is 5.32 Å². The first-order chi connectivity index (χ1) is 10.7. The normalized spacial score (nSPS) is 11.5. The third-order valence-corrected chi connectivity index (χ3v) is 4.93. The van der Waals surface area contributed by atoms with Crippen LogP contribution in [-0.2, 0) is 5.75 Å². The molecule has 9 heteroatoms. The zero-order chi connectivity index (χ0) is 15.5. The number of fused-ring (bicyclic) bond motifs is 1. The average Bonchev–Trinajstić information content (AvgIpc) is 3.09. The van der Waals surface area contributed by atoms with Crippen LogP contribution in [0.2, 0.25) is 0 Å². The number of benzene rings is 1. The van der Waals surface area contributed by atoms with Crippen LogP contribution in [0, 0.1) is 0 Å². The van der Waals surface area contributed by atoms with Crippen LogP contribution in [0.25, 0.3) is 11.0 Å². The summed E-state index contributed by atoms with van der Waals surface area (Å²) in [6, 6.07) is 6.90. The summed E-state index contributed by atoms with van der Waals surface area (Å²) in [6.45, 7) is 0.120. The minimum absolute atomic E-state index is 0.319. The molecule has 2 heterocycles. The maximum atomic E-state index is 13.3. The molecule has 2 aromatic heterocycles. The van der Waals surface area contributed by atoms with E-state index in [0.29, 0.717) is 22.6 Å². The fourth-order valence-corrected chi connectivity index (χ4v) is 3.78. The Kier molecular flexibility index (Phi) is 4.53. The average molecular weight is 341 g/mol. The van der Waals surface area contributed by atoms with Gasteiger partial charge in [0.1, 0.15) is 5.82 Å². The number of anilines is 1. The molecule has 5 nitrogen and oxygen atoms in total. The van der Waals surface area contributed by atoms with Crippen LogP contribution in [0.5, 0.6) is 0 Å². The van der Waals surface area contributed by atoms with E-state index >= 15 is 0 Å². The van der Waals surface area contributed by atoms with Gasteiger partial charge in [-0.15, -0.1) is 10.2 Å². The van der Waals surface area contributed by atoms with E-state index in [4.69, 9.17) is 0 Å². The zero-order valence-electron chi connectivity index (χ0n) is 11.7. The number of nitrogens with one attached hydrogen (secondary N) is 1. The summed E-state index contributed by atoms with van der Waals surface area (Å²) in [5.74, 6) is 0.654. The predicted octanol–water partition coefficient (Wildman–Crippen LogP) is 4.01. The number of imidazole rings is 1. The second-order valence-corrected chi connectivity index (χ2v) is 6.56. The first kappa shape index (κ1) is 15.2. The minimum atomic E-state index is -2.62. The third kappa shape index (κ3) is 3.05. The van der Waals surface area contributed by atoms with E-state index < -0.39 is 6.55 Å². The Morgan fingerprint density at radius 1 is 1.32 bits per heavy atom. The number of aromatic nitrogens is 4. The van der Waals surface area contributed by atoms with Gasteiger partial charge in [0.05, 0.1) is 16.8 Å². The SMILES string of the molecule is CCNc1nnc(SCc2nc3ccccc3n2C(F)F)s1. The molecule has 0 saturated carbocycles. The highest BCUT2D eigenvalue weighted by Gasteiger charge is 2.18. The highest BCUT2D eigenvalue weighted by Crippen LogP contribution is 2.31. The molecule has 0 bridgehead atoms. The number of alkyl halides is 2. The number of hydrogen-bond donors (Lipinski definition) is 1. The molecule has 1 N–H and O–H groups in total. The number of para-hydroxylation sites is 2. The molecule has 0 radical (unpaired) electrons. The van der Waals surface area contributed by atoms with Gasteiger partial charge in [-0.05, 0) is 19.1 Å². The maximum absolute atomic E-state index is 13.3. The van der Waals surface area contributed by atoms with Crippen LogP contribution in [-0.4, -0.2) is 26.3 Å². The lowest BCUT2D eigenvalue weighted by molar-refractivity contribution is 0.0722. The maximum Gasteiger partial charge on any atom is 0.320 e. The quantitative estimate of drug-likeness (QED) is 0.687. The molecule has 3 rings (SSSR count). The van der Waals surface area contributed by atoms with Crippen molar-refractivity contribution >= 4 is 39.3 Å². The molecule has 0 aliphatic rings. The lowest BCUT2D eigenvalue weighted by atomic mass is 10.3. The number of hydrogen-bond acceptors (Lipinski definition) is 6. The fraction of sp³-hybridized carbons (Fsp3) is 0.308. The van der Waals surface area contributed by atoms with Crippen LogP contribution in [0.1, 0.15) is 19.3 Å². The lowest BCUT2D eigenvalue weighted by Crippen LogP contribution is -2.03. The van der Waals surface area contributed by atoms with E-state index in [9.17, 15) is 8.78 Å². The second-order valence-electron chi connectivity index (χ2n) is 4.36. The van der Waals surface area contributed by atoms with Crippen molar-refractivity contribution in [3.63, 3.8) is 0 Å². The topological polar surface area (TPSA) is 55.6 Å². The molecule has 0 fully saturated rings. The molecule has 0 aliphatic heterocycles. The van der Waals surface area contributed by atoms with Crippen molar-refractivity contribution in [2.24, 2.45) is 0 Å². The number of thioether (sulfide) groups is 1. The van der Waals surface area contributed by atoms with Crippen LogP contribution >= 0.6 is 23.1 Å². The van der Waals surface area contributed by atoms with Gasteiger partial charge in [0.2, 0.25) is 5.13 Å². The lowest BCUT2D eigenvalue weighted by Gasteiger charge is -2.06. The van der Waals surface area contributed by atoms with E-state index in [0.717, 1.165) is 20.6 Å². The van der Waals surface area contributed by atoms with Crippen molar-refractivity contribution in [3.8, 4) is 0 Å². The predicted molar refractivity (Wildman–Crippen MR) is 84.6 cm³/mol. The van der Waals surface area contributed by atoms with E-state index in [1.54, 1.807) is 24.3 Å². The summed E-state index contributed by atoms with van der Waals surface area (Å²) >= 11 is 2.76. The molecule has 1 aromatic carbocycles. The first-order valence-corrected chi connectivity index (χ1v) is 8.43. The van der Waals surface area contributed by atoms with Crippen LogP contribution in [0.4, 0.5) is 13.9 Å². The summed E-state index contributed by atoms with van der Waals surface area (Å²) in [7, 11) is 0. The van der Waals surface area contributed by atoms with Crippen LogP contribution < -0.4 is 5.32 Å². The summed E-state index contributed by atoms with van der Waals surface area (Å²) in [6.07, 6.45) is 0. The second kappa shape index (κ2) is 6.57. The molecular formula is C13H13F2N5S2. The van der Waals surface area contributed by atoms with E-state index in [1.165, 1.54) is 23.1 Å². The Hall–Kier alpha value is -1.74. The Morgan fingerprint density at radius 3 is 2.91 bits per heavy atom. The van der Waals surface area contributed by atoms with Crippen LogP contribution in [0.3, 0.4) is 0 Å².